The molecule has 9 heteroatoms. The van der Waals surface area contributed by atoms with Gasteiger partial charge in [-0.3, -0.25) is 4.79 Å². The van der Waals surface area contributed by atoms with Crippen molar-refractivity contribution in [3.63, 3.8) is 0 Å². The zero-order valence-electron chi connectivity index (χ0n) is 16.8. The minimum Gasteiger partial charge on any atom is -0.487 e. The van der Waals surface area contributed by atoms with Gasteiger partial charge in [0.2, 0.25) is 0 Å². The van der Waals surface area contributed by atoms with Gasteiger partial charge in [-0.05, 0) is 18.9 Å². The van der Waals surface area contributed by atoms with E-state index in [0.29, 0.717) is 63.9 Å². The van der Waals surface area contributed by atoms with Crippen LogP contribution in [-0.2, 0) is 14.3 Å². The molecule has 158 valence electrons. The lowest BCUT2D eigenvalue weighted by Gasteiger charge is -2.31. The number of hydrogen-bond acceptors (Lipinski definition) is 8. The molecule has 0 amide bonds. The van der Waals surface area contributed by atoms with Gasteiger partial charge in [-0.2, -0.15) is 0 Å². The molecular formula is C20H27N3O6. The van der Waals surface area contributed by atoms with Crippen LogP contribution < -0.4 is 14.4 Å². The molecule has 9 nitrogen and oxygen atoms in total. The molecule has 1 N–H and O–H groups in total. The molecule has 0 bridgehead atoms. The Kier molecular flexibility index (Phi) is 7.42. The smallest absolute Gasteiger partial charge is 0.306 e. The van der Waals surface area contributed by atoms with E-state index in [9.17, 15) is 9.90 Å². The quantitative estimate of drug-likeness (QED) is 0.594. The second kappa shape index (κ2) is 10.2. The predicted octanol–water partition coefficient (Wildman–Crippen LogP) is 1.98. The largest absolute Gasteiger partial charge is 0.487 e. The van der Waals surface area contributed by atoms with Gasteiger partial charge in [-0.1, -0.05) is 0 Å². The van der Waals surface area contributed by atoms with Gasteiger partial charge in [-0.25, -0.2) is 9.97 Å². The number of anilines is 1. The lowest BCUT2D eigenvalue weighted by molar-refractivity contribution is -0.142. The minimum absolute atomic E-state index is 0.298. The molecule has 0 saturated carbocycles. The molecule has 1 aliphatic rings. The van der Waals surface area contributed by atoms with Crippen LogP contribution in [0.5, 0.6) is 11.5 Å². The molecule has 1 aromatic heterocycles. The topological polar surface area (TPSA) is 103 Å². The Hall–Kier alpha value is -2.65. The maximum absolute atomic E-state index is 11.2. The summed E-state index contributed by atoms with van der Waals surface area (Å²) in [5, 5.41) is 10.1. The fourth-order valence-corrected chi connectivity index (χ4v) is 3.34. The first-order valence-corrected chi connectivity index (χ1v) is 9.64. The van der Waals surface area contributed by atoms with Crippen molar-refractivity contribution in [2.24, 2.45) is 5.92 Å². The maximum atomic E-state index is 11.2. The van der Waals surface area contributed by atoms with Crippen LogP contribution in [0.3, 0.4) is 0 Å². The van der Waals surface area contributed by atoms with Gasteiger partial charge in [-0.15, -0.1) is 0 Å². The van der Waals surface area contributed by atoms with E-state index in [2.05, 4.69) is 14.9 Å². The summed E-state index contributed by atoms with van der Waals surface area (Å²) >= 11 is 0. The van der Waals surface area contributed by atoms with Gasteiger partial charge in [0.25, 0.3) is 0 Å². The summed E-state index contributed by atoms with van der Waals surface area (Å²) < 4.78 is 21.8. The number of aromatic nitrogens is 2. The van der Waals surface area contributed by atoms with Crippen molar-refractivity contribution in [3.8, 4) is 11.5 Å². The number of benzene rings is 1. The number of carbonyl (C=O) groups is 1. The van der Waals surface area contributed by atoms with Crippen LogP contribution in [-0.4, -0.2) is 74.8 Å². The Balaban J connectivity index is 1.89. The molecule has 1 aliphatic heterocycles. The standard InChI is InChI=1S/C20H27N3O6/c1-26-7-9-28-17-11-15-16(12-18(17)29-10-8-27-2)21-13-22-19(15)23-5-3-14(4-6-23)20(24)25/h11-14H,3-10H2,1-2H3,(H,24,25). The van der Waals surface area contributed by atoms with Gasteiger partial charge < -0.3 is 29.0 Å². The Morgan fingerprint density at radius 1 is 1.03 bits per heavy atom. The highest BCUT2D eigenvalue weighted by Crippen LogP contribution is 2.36. The van der Waals surface area contributed by atoms with Crippen molar-refractivity contribution in [2.75, 3.05) is 58.6 Å². The van der Waals surface area contributed by atoms with E-state index in [1.807, 2.05) is 12.1 Å². The molecule has 1 fully saturated rings. The zero-order valence-corrected chi connectivity index (χ0v) is 16.8. The minimum atomic E-state index is -0.733. The summed E-state index contributed by atoms with van der Waals surface area (Å²) in [6, 6.07) is 3.72. The summed E-state index contributed by atoms with van der Waals surface area (Å²) in [5.41, 5.74) is 0.738. The van der Waals surface area contributed by atoms with Crippen LogP contribution in [0.25, 0.3) is 10.9 Å². The molecule has 0 atom stereocenters. The first kappa shape index (κ1) is 21.1. The lowest BCUT2D eigenvalue weighted by Crippen LogP contribution is -2.36. The highest BCUT2D eigenvalue weighted by atomic mass is 16.5. The van der Waals surface area contributed by atoms with Crippen LogP contribution >= 0.6 is 0 Å². The van der Waals surface area contributed by atoms with Crippen molar-refractivity contribution < 1.29 is 28.8 Å². The maximum Gasteiger partial charge on any atom is 0.306 e. The number of carboxylic acid groups (broad SMARTS) is 1. The Bertz CT molecular complexity index is 823. The highest BCUT2D eigenvalue weighted by Gasteiger charge is 2.26. The third-order valence-corrected chi connectivity index (χ3v) is 4.91. The van der Waals surface area contributed by atoms with Crippen LogP contribution in [0.1, 0.15) is 12.8 Å². The third kappa shape index (κ3) is 5.24. The molecule has 2 heterocycles. The summed E-state index contributed by atoms with van der Waals surface area (Å²) in [7, 11) is 3.24. The highest BCUT2D eigenvalue weighted by molar-refractivity contribution is 5.92. The Morgan fingerprint density at radius 3 is 2.24 bits per heavy atom. The van der Waals surface area contributed by atoms with Gasteiger partial charge in [0.05, 0.1) is 24.6 Å². The normalized spacial score (nSPS) is 14.9. The first-order chi connectivity index (χ1) is 14.1. The van der Waals surface area contributed by atoms with E-state index in [4.69, 9.17) is 18.9 Å². The van der Waals surface area contributed by atoms with Gasteiger partial charge in [0.1, 0.15) is 25.4 Å². The van der Waals surface area contributed by atoms with Crippen molar-refractivity contribution in [1.29, 1.82) is 0 Å². The number of ether oxygens (including phenoxy) is 4. The molecular weight excluding hydrogens is 378 g/mol. The Morgan fingerprint density at radius 2 is 1.66 bits per heavy atom. The molecule has 0 radical (unpaired) electrons. The molecule has 29 heavy (non-hydrogen) atoms. The summed E-state index contributed by atoms with van der Waals surface area (Å²) in [5.74, 6) is 0.915. The number of nitrogens with zero attached hydrogens (tertiary/aromatic N) is 3. The second-order valence-corrected chi connectivity index (χ2v) is 6.80. The van der Waals surface area contributed by atoms with Crippen LogP contribution in [0.15, 0.2) is 18.5 Å². The number of rotatable bonds is 10. The molecule has 2 aromatic rings. The Labute approximate surface area is 169 Å². The number of aliphatic carboxylic acids is 1. The van der Waals surface area contributed by atoms with Gasteiger partial charge in [0.15, 0.2) is 11.5 Å². The van der Waals surface area contributed by atoms with E-state index in [-0.39, 0.29) is 5.92 Å². The SMILES string of the molecule is COCCOc1cc2ncnc(N3CCC(C(=O)O)CC3)c2cc1OCCOC. The van der Waals surface area contributed by atoms with E-state index in [1.54, 1.807) is 14.2 Å². The average Bonchev–Trinajstić information content (AvgIpc) is 2.74. The van der Waals surface area contributed by atoms with Gasteiger partial charge in [0, 0.05) is 38.8 Å². The molecule has 3 rings (SSSR count). The van der Waals surface area contributed by atoms with Crippen LogP contribution in [0.2, 0.25) is 0 Å². The number of fused-ring (bicyclic) bond motifs is 1. The van der Waals surface area contributed by atoms with Crippen molar-refractivity contribution in [1.82, 2.24) is 9.97 Å². The van der Waals surface area contributed by atoms with E-state index in [1.165, 1.54) is 6.33 Å². The molecule has 1 saturated heterocycles. The van der Waals surface area contributed by atoms with Gasteiger partial charge >= 0.3 is 5.97 Å². The molecule has 0 unspecified atom stereocenters. The number of methoxy groups -OCH3 is 2. The number of piperidine rings is 1. The van der Waals surface area contributed by atoms with E-state index >= 15 is 0 Å². The fraction of sp³-hybridized carbons (Fsp3) is 0.550. The monoisotopic (exact) mass is 405 g/mol. The summed E-state index contributed by atoms with van der Waals surface area (Å²) in [6.07, 6.45) is 2.71. The van der Waals surface area contributed by atoms with E-state index < -0.39 is 5.97 Å². The average molecular weight is 405 g/mol. The van der Waals surface area contributed by atoms with Crippen LogP contribution in [0.4, 0.5) is 5.82 Å². The van der Waals surface area contributed by atoms with Crippen LogP contribution in [0, 0.1) is 5.92 Å². The first-order valence-electron chi connectivity index (χ1n) is 9.64. The number of carboxylic acids is 1. The zero-order chi connectivity index (χ0) is 20.6. The number of hydrogen-bond donors (Lipinski definition) is 1. The summed E-state index contributed by atoms with van der Waals surface area (Å²) in [6.45, 7) is 2.96. The van der Waals surface area contributed by atoms with Crippen molar-refractivity contribution in [3.05, 3.63) is 18.5 Å². The lowest BCUT2D eigenvalue weighted by atomic mass is 9.97. The summed E-state index contributed by atoms with van der Waals surface area (Å²) in [4.78, 5) is 22.2. The fourth-order valence-electron chi connectivity index (χ4n) is 3.34. The molecule has 1 aromatic carbocycles. The van der Waals surface area contributed by atoms with Crippen molar-refractivity contribution >= 4 is 22.7 Å². The molecule has 0 aliphatic carbocycles. The third-order valence-electron chi connectivity index (χ3n) is 4.91. The van der Waals surface area contributed by atoms with Crippen molar-refractivity contribution in [2.45, 2.75) is 12.8 Å². The predicted molar refractivity (Wildman–Crippen MR) is 107 cm³/mol. The second-order valence-electron chi connectivity index (χ2n) is 6.80. The van der Waals surface area contributed by atoms with E-state index in [0.717, 1.165) is 16.7 Å². The molecule has 0 spiro atoms.